The number of piperazine rings is 1. The number of nitrogens with one attached hydrogen (secondary N) is 1. The van der Waals surface area contributed by atoms with Crippen LogP contribution in [0.1, 0.15) is 16.1 Å². The Morgan fingerprint density at radius 2 is 1.92 bits per heavy atom. The second kappa shape index (κ2) is 7.39. The van der Waals surface area contributed by atoms with Crippen LogP contribution in [0, 0.1) is 5.82 Å². The van der Waals surface area contributed by atoms with Crippen molar-refractivity contribution in [2.75, 3.05) is 26.2 Å². The lowest BCUT2D eigenvalue weighted by Crippen LogP contribution is -2.48. The van der Waals surface area contributed by atoms with E-state index in [1.165, 1.54) is 12.1 Å². The molecule has 5 nitrogen and oxygen atoms in total. The number of thiophene rings is 1. The van der Waals surface area contributed by atoms with Crippen molar-refractivity contribution < 1.29 is 9.18 Å². The fourth-order valence-corrected chi connectivity index (χ4v) is 3.80. The first-order valence-electron chi connectivity index (χ1n) is 8.54. The summed E-state index contributed by atoms with van der Waals surface area (Å²) in [5.41, 5.74) is 2.41. The molecule has 1 fully saturated rings. The van der Waals surface area contributed by atoms with Gasteiger partial charge in [0.1, 0.15) is 5.82 Å². The van der Waals surface area contributed by atoms with Crippen LogP contribution < -0.4 is 0 Å². The molecule has 2 aromatic heterocycles. The van der Waals surface area contributed by atoms with E-state index in [0.29, 0.717) is 18.8 Å². The van der Waals surface area contributed by atoms with E-state index in [-0.39, 0.29) is 11.7 Å². The molecule has 0 bridgehead atoms. The van der Waals surface area contributed by atoms with Gasteiger partial charge in [0.15, 0.2) is 5.69 Å². The molecule has 0 unspecified atom stereocenters. The molecule has 1 amide bonds. The molecule has 0 radical (unpaired) electrons. The summed E-state index contributed by atoms with van der Waals surface area (Å²) in [6.07, 6.45) is 0. The molecule has 7 heteroatoms. The topological polar surface area (TPSA) is 52.2 Å². The number of carbonyl (C=O) groups is 1. The molecule has 0 saturated carbocycles. The van der Waals surface area contributed by atoms with Gasteiger partial charge in [-0.2, -0.15) is 5.10 Å². The molecular formula is C19H19FN4OS. The summed E-state index contributed by atoms with van der Waals surface area (Å²) in [4.78, 5) is 17.9. The van der Waals surface area contributed by atoms with Crippen LogP contribution in [0.4, 0.5) is 4.39 Å². The Balaban J connectivity index is 1.34. The van der Waals surface area contributed by atoms with Crippen LogP contribution in [-0.4, -0.2) is 52.1 Å². The van der Waals surface area contributed by atoms with Crippen molar-refractivity contribution in [1.82, 2.24) is 20.0 Å². The van der Waals surface area contributed by atoms with E-state index in [2.05, 4.69) is 15.1 Å². The fourth-order valence-electron chi connectivity index (χ4n) is 3.11. The average molecular weight is 370 g/mol. The first-order chi connectivity index (χ1) is 12.7. The molecule has 1 aliphatic rings. The zero-order chi connectivity index (χ0) is 17.9. The molecule has 4 rings (SSSR count). The third-order valence-corrected chi connectivity index (χ3v) is 5.47. The minimum atomic E-state index is -0.218. The molecule has 3 heterocycles. The predicted molar refractivity (Wildman–Crippen MR) is 99.5 cm³/mol. The van der Waals surface area contributed by atoms with Crippen LogP contribution in [0.3, 0.4) is 0 Å². The number of amides is 1. The standard InChI is InChI=1S/C19H19FN4OS/c20-15-5-3-14(4-6-15)13-23-7-9-24(10-8-23)19(25)17-12-16(21-22-17)18-2-1-11-26-18/h1-6,11-12H,7-10,13H2,(H,21,22). The number of H-pyrrole nitrogens is 1. The van der Waals surface area contributed by atoms with Crippen molar-refractivity contribution in [3.63, 3.8) is 0 Å². The van der Waals surface area contributed by atoms with Crippen LogP contribution >= 0.6 is 11.3 Å². The Bertz CT molecular complexity index is 867. The van der Waals surface area contributed by atoms with Crippen molar-refractivity contribution in [1.29, 1.82) is 0 Å². The van der Waals surface area contributed by atoms with E-state index in [9.17, 15) is 9.18 Å². The van der Waals surface area contributed by atoms with E-state index in [0.717, 1.165) is 35.8 Å². The largest absolute Gasteiger partial charge is 0.335 e. The first kappa shape index (κ1) is 16.9. The van der Waals surface area contributed by atoms with E-state index >= 15 is 0 Å². The summed E-state index contributed by atoms with van der Waals surface area (Å²) in [6, 6.07) is 12.4. The lowest BCUT2D eigenvalue weighted by molar-refractivity contribution is 0.0622. The number of rotatable bonds is 4. The Hall–Kier alpha value is -2.51. The molecule has 1 saturated heterocycles. The highest BCUT2D eigenvalue weighted by atomic mass is 32.1. The third-order valence-electron chi connectivity index (χ3n) is 4.56. The molecule has 0 atom stereocenters. The summed E-state index contributed by atoms with van der Waals surface area (Å²) in [7, 11) is 0. The molecule has 0 spiro atoms. The minimum absolute atomic E-state index is 0.0366. The van der Waals surface area contributed by atoms with Crippen LogP contribution in [0.25, 0.3) is 10.6 Å². The fraction of sp³-hybridized carbons (Fsp3) is 0.263. The van der Waals surface area contributed by atoms with Crippen molar-refractivity contribution in [3.05, 3.63) is 64.9 Å². The van der Waals surface area contributed by atoms with E-state index in [1.54, 1.807) is 11.3 Å². The van der Waals surface area contributed by atoms with Gasteiger partial charge in [-0.05, 0) is 35.2 Å². The van der Waals surface area contributed by atoms with Crippen molar-refractivity contribution in [2.24, 2.45) is 0 Å². The summed E-state index contributed by atoms with van der Waals surface area (Å²) >= 11 is 1.61. The second-order valence-corrected chi connectivity index (χ2v) is 7.29. The molecular weight excluding hydrogens is 351 g/mol. The Morgan fingerprint density at radius 3 is 2.62 bits per heavy atom. The highest BCUT2D eigenvalue weighted by Crippen LogP contribution is 2.23. The molecule has 0 aliphatic carbocycles. The number of aromatic nitrogens is 2. The number of carbonyl (C=O) groups excluding carboxylic acids is 1. The van der Waals surface area contributed by atoms with Gasteiger partial charge in [0.05, 0.1) is 10.6 Å². The van der Waals surface area contributed by atoms with Crippen molar-refractivity contribution in [3.8, 4) is 10.6 Å². The maximum absolute atomic E-state index is 13.0. The first-order valence-corrected chi connectivity index (χ1v) is 9.42. The monoisotopic (exact) mass is 370 g/mol. The Labute approximate surface area is 155 Å². The van der Waals surface area contributed by atoms with Gasteiger partial charge >= 0.3 is 0 Å². The van der Waals surface area contributed by atoms with Crippen molar-refractivity contribution in [2.45, 2.75) is 6.54 Å². The Kier molecular flexibility index (Phi) is 4.81. The molecule has 3 aromatic rings. The van der Waals surface area contributed by atoms with E-state index in [1.807, 2.05) is 40.6 Å². The second-order valence-electron chi connectivity index (χ2n) is 6.34. The molecule has 1 N–H and O–H groups in total. The smallest absolute Gasteiger partial charge is 0.274 e. The van der Waals surface area contributed by atoms with Gasteiger partial charge in [-0.1, -0.05) is 18.2 Å². The highest BCUT2D eigenvalue weighted by molar-refractivity contribution is 7.13. The number of hydrogen-bond acceptors (Lipinski definition) is 4. The lowest BCUT2D eigenvalue weighted by atomic mass is 10.2. The van der Waals surface area contributed by atoms with E-state index in [4.69, 9.17) is 0 Å². The van der Waals surface area contributed by atoms with Crippen LogP contribution in [0.15, 0.2) is 47.8 Å². The normalized spacial score (nSPS) is 15.3. The molecule has 1 aliphatic heterocycles. The third kappa shape index (κ3) is 3.68. The lowest BCUT2D eigenvalue weighted by Gasteiger charge is -2.34. The zero-order valence-electron chi connectivity index (χ0n) is 14.2. The van der Waals surface area contributed by atoms with Gasteiger partial charge in [-0.3, -0.25) is 14.8 Å². The molecule has 26 heavy (non-hydrogen) atoms. The predicted octanol–water partition coefficient (Wildman–Crippen LogP) is 3.24. The number of aromatic amines is 1. The number of nitrogens with zero attached hydrogens (tertiary/aromatic N) is 3. The number of hydrogen-bond donors (Lipinski definition) is 1. The molecule has 134 valence electrons. The average Bonchev–Trinajstić information content (AvgIpc) is 3.35. The minimum Gasteiger partial charge on any atom is -0.335 e. The quantitative estimate of drug-likeness (QED) is 0.767. The number of benzene rings is 1. The van der Waals surface area contributed by atoms with Crippen LogP contribution in [0.5, 0.6) is 0 Å². The summed E-state index contributed by atoms with van der Waals surface area (Å²) in [6.45, 7) is 3.70. The highest BCUT2D eigenvalue weighted by Gasteiger charge is 2.24. The van der Waals surface area contributed by atoms with Gasteiger partial charge < -0.3 is 4.90 Å². The maximum atomic E-state index is 13.0. The van der Waals surface area contributed by atoms with Crippen LogP contribution in [0.2, 0.25) is 0 Å². The van der Waals surface area contributed by atoms with E-state index < -0.39 is 0 Å². The van der Waals surface area contributed by atoms with Gasteiger partial charge in [-0.15, -0.1) is 11.3 Å². The number of halogens is 1. The molecule has 1 aromatic carbocycles. The van der Waals surface area contributed by atoms with Gasteiger partial charge in [-0.25, -0.2) is 4.39 Å². The summed E-state index contributed by atoms with van der Waals surface area (Å²) in [5, 5.41) is 9.13. The maximum Gasteiger partial charge on any atom is 0.274 e. The van der Waals surface area contributed by atoms with Crippen molar-refractivity contribution >= 4 is 17.2 Å². The SMILES string of the molecule is O=C(c1cc(-c2cccs2)[nH]n1)N1CCN(Cc2ccc(F)cc2)CC1. The van der Waals surface area contributed by atoms with Gasteiger partial charge in [0.25, 0.3) is 5.91 Å². The van der Waals surface area contributed by atoms with Gasteiger partial charge in [0.2, 0.25) is 0 Å². The van der Waals surface area contributed by atoms with Gasteiger partial charge in [0, 0.05) is 32.7 Å². The zero-order valence-corrected chi connectivity index (χ0v) is 15.0. The summed E-state index contributed by atoms with van der Waals surface area (Å²) < 4.78 is 13.0. The summed E-state index contributed by atoms with van der Waals surface area (Å²) in [5.74, 6) is -0.254. The Morgan fingerprint density at radius 1 is 1.15 bits per heavy atom. The van der Waals surface area contributed by atoms with Crippen LogP contribution in [-0.2, 0) is 6.54 Å².